The van der Waals surface area contributed by atoms with Crippen molar-refractivity contribution in [2.24, 2.45) is 0 Å². The van der Waals surface area contributed by atoms with Crippen molar-refractivity contribution in [3.63, 3.8) is 0 Å². The Hall–Kier alpha value is -0.860. The van der Waals surface area contributed by atoms with Crippen LogP contribution in [0.2, 0.25) is 0 Å². The molecule has 1 atom stereocenters. The number of ether oxygens (including phenoxy) is 1. The molecule has 1 aromatic rings. The molecule has 20 heavy (non-hydrogen) atoms. The molecule has 0 aromatic heterocycles. The lowest BCUT2D eigenvalue weighted by atomic mass is 9.98. The smallest absolute Gasteiger partial charge is 0.0502 e. The van der Waals surface area contributed by atoms with E-state index >= 15 is 0 Å². The molecular weight excluding hydrogens is 246 g/mol. The molecule has 114 valence electrons. The van der Waals surface area contributed by atoms with E-state index in [1.165, 1.54) is 49.7 Å². The molecule has 2 nitrogen and oxygen atoms in total. The molecule has 1 unspecified atom stereocenters. The summed E-state index contributed by atoms with van der Waals surface area (Å²) in [6.45, 7) is 3.06. The van der Waals surface area contributed by atoms with Crippen LogP contribution in [0.3, 0.4) is 0 Å². The standard InChI is InChI=1S/C18H31NO/c1-4-5-6-7-8-9-18(19-2)17-12-10-16(11-13-17)14-15-20-3/h10-13,18-19H,4-9,14-15H2,1-3H3. The Kier molecular flexibility index (Phi) is 9.35. The van der Waals surface area contributed by atoms with Gasteiger partial charge in [0.25, 0.3) is 0 Å². The van der Waals surface area contributed by atoms with Crippen molar-refractivity contribution < 1.29 is 4.74 Å². The van der Waals surface area contributed by atoms with E-state index < -0.39 is 0 Å². The van der Waals surface area contributed by atoms with Crippen LogP contribution in [0.4, 0.5) is 0 Å². The monoisotopic (exact) mass is 277 g/mol. The fourth-order valence-corrected chi connectivity index (χ4v) is 2.57. The van der Waals surface area contributed by atoms with Gasteiger partial charge in [-0.3, -0.25) is 0 Å². The summed E-state index contributed by atoms with van der Waals surface area (Å²) < 4.78 is 5.12. The van der Waals surface area contributed by atoms with Gasteiger partial charge in [-0.15, -0.1) is 0 Å². The highest BCUT2D eigenvalue weighted by Gasteiger charge is 2.08. The lowest BCUT2D eigenvalue weighted by Gasteiger charge is -2.17. The first-order valence-electron chi connectivity index (χ1n) is 8.06. The molecule has 1 N–H and O–H groups in total. The molecular formula is C18H31NO. The van der Waals surface area contributed by atoms with Gasteiger partial charge in [-0.2, -0.15) is 0 Å². The summed E-state index contributed by atoms with van der Waals surface area (Å²) in [6, 6.07) is 9.48. The van der Waals surface area contributed by atoms with Crippen molar-refractivity contribution >= 4 is 0 Å². The average molecular weight is 277 g/mol. The predicted molar refractivity (Wildman–Crippen MR) is 87.2 cm³/mol. The molecule has 0 saturated heterocycles. The summed E-state index contributed by atoms with van der Waals surface area (Å²) in [4.78, 5) is 0. The van der Waals surface area contributed by atoms with Gasteiger partial charge in [-0.1, -0.05) is 63.3 Å². The van der Waals surface area contributed by atoms with Crippen LogP contribution in [0, 0.1) is 0 Å². The average Bonchev–Trinajstić information content (AvgIpc) is 2.49. The molecule has 0 bridgehead atoms. The molecule has 0 heterocycles. The minimum absolute atomic E-state index is 0.494. The predicted octanol–water partition coefficient (Wildman–Crippen LogP) is 4.50. The van der Waals surface area contributed by atoms with Gasteiger partial charge >= 0.3 is 0 Å². The summed E-state index contributed by atoms with van der Waals surface area (Å²) in [6.07, 6.45) is 8.98. The Morgan fingerprint density at radius 2 is 1.75 bits per heavy atom. The van der Waals surface area contributed by atoms with Gasteiger partial charge in [0, 0.05) is 13.2 Å². The van der Waals surface area contributed by atoms with Crippen LogP contribution in [0.15, 0.2) is 24.3 Å². The zero-order valence-electron chi connectivity index (χ0n) is 13.5. The molecule has 0 radical (unpaired) electrons. The van der Waals surface area contributed by atoms with E-state index in [0.29, 0.717) is 6.04 Å². The van der Waals surface area contributed by atoms with Crippen LogP contribution < -0.4 is 5.32 Å². The quantitative estimate of drug-likeness (QED) is 0.601. The zero-order valence-corrected chi connectivity index (χ0v) is 13.5. The molecule has 0 amide bonds. The second-order valence-corrected chi connectivity index (χ2v) is 5.53. The van der Waals surface area contributed by atoms with Crippen LogP contribution in [0.25, 0.3) is 0 Å². The van der Waals surface area contributed by atoms with E-state index in [1.807, 2.05) is 0 Å². The second-order valence-electron chi connectivity index (χ2n) is 5.53. The number of unbranched alkanes of at least 4 members (excludes halogenated alkanes) is 4. The first-order chi connectivity index (χ1) is 9.81. The number of nitrogens with one attached hydrogen (secondary N) is 1. The fourth-order valence-electron chi connectivity index (χ4n) is 2.57. The summed E-state index contributed by atoms with van der Waals surface area (Å²) in [5.74, 6) is 0. The van der Waals surface area contributed by atoms with Crippen LogP contribution >= 0.6 is 0 Å². The van der Waals surface area contributed by atoms with Crippen molar-refractivity contribution in [3.8, 4) is 0 Å². The highest BCUT2D eigenvalue weighted by molar-refractivity contribution is 5.25. The highest BCUT2D eigenvalue weighted by atomic mass is 16.5. The third-order valence-corrected chi connectivity index (χ3v) is 3.92. The van der Waals surface area contributed by atoms with Gasteiger partial charge in [0.05, 0.1) is 6.61 Å². The van der Waals surface area contributed by atoms with Crippen molar-refractivity contribution in [1.82, 2.24) is 5.32 Å². The van der Waals surface area contributed by atoms with Crippen LogP contribution in [-0.2, 0) is 11.2 Å². The third-order valence-electron chi connectivity index (χ3n) is 3.92. The summed E-state index contributed by atoms with van der Waals surface area (Å²) in [7, 11) is 3.82. The molecule has 0 saturated carbocycles. The van der Waals surface area contributed by atoms with Gasteiger partial charge in [0.2, 0.25) is 0 Å². The van der Waals surface area contributed by atoms with Gasteiger partial charge in [0.15, 0.2) is 0 Å². The molecule has 1 aromatic carbocycles. The molecule has 0 aliphatic heterocycles. The van der Waals surface area contributed by atoms with Crippen molar-refractivity contribution in [1.29, 1.82) is 0 Å². The van der Waals surface area contributed by atoms with E-state index in [4.69, 9.17) is 4.74 Å². The zero-order chi connectivity index (χ0) is 14.6. The van der Waals surface area contributed by atoms with Crippen molar-refractivity contribution in [3.05, 3.63) is 35.4 Å². The SMILES string of the molecule is CCCCCCCC(NC)c1ccc(CCOC)cc1. The largest absolute Gasteiger partial charge is 0.384 e. The first kappa shape index (κ1) is 17.2. The second kappa shape index (κ2) is 10.9. The van der Waals surface area contributed by atoms with Gasteiger partial charge in [-0.05, 0) is 31.0 Å². The summed E-state index contributed by atoms with van der Waals surface area (Å²) in [5.41, 5.74) is 2.76. The molecule has 0 aliphatic carbocycles. The number of rotatable bonds is 11. The lowest BCUT2D eigenvalue weighted by molar-refractivity contribution is 0.202. The third kappa shape index (κ3) is 6.53. The molecule has 0 fully saturated rings. The van der Waals surface area contributed by atoms with Gasteiger partial charge < -0.3 is 10.1 Å². The maximum atomic E-state index is 5.12. The number of methoxy groups -OCH3 is 1. The van der Waals surface area contributed by atoms with Crippen LogP contribution in [0.1, 0.15) is 62.6 Å². The minimum atomic E-state index is 0.494. The van der Waals surface area contributed by atoms with E-state index in [1.54, 1.807) is 7.11 Å². The molecule has 0 spiro atoms. The number of hydrogen-bond donors (Lipinski definition) is 1. The Labute approximate surface area is 124 Å². The molecule has 2 heteroatoms. The molecule has 1 rings (SSSR count). The lowest BCUT2D eigenvalue weighted by Crippen LogP contribution is -2.16. The fraction of sp³-hybridized carbons (Fsp3) is 0.667. The number of benzene rings is 1. The van der Waals surface area contributed by atoms with Crippen LogP contribution in [-0.4, -0.2) is 20.8 Å². The Morgan fingerprint density at radius 3 is 2.35 bits per heavy atom. The number of hydrogen-bond acceptors (Lipinski definition) is 2. The van der Waals surface area contributed by atoms with Gasteiger partial charge in [0.1, 0.15) is 0 Å². The van der Waals surface area contributed by atoms with Gasteiger partial charge in [-0.25, -0.2) is 0 Å². The Balaban J connectivity index is 2.40. The maximum Gasteiger partial charge on any atom is 0.0502 e. The van der Waals surface area contributed by atoms with Crippen molar-refractivity contribution in [2.75, 3.05) is 20.8 Å². The summed E-state index contributed by atoms with van der Waals surface area (Å²) >= 11 is 0. The first-order valence-corrected chi connectivity index (χ1v) is 8.06. The van der Waals surface area contributed by atoms with Crippen molar-refractivity contribution in [2.45, 2.75) is 57.9 Å². The topological polar surface area (TPSA) is 21.3 Å². The molecule has 0 aliphatic rings. The van der Waals surface area contributed by atoms with E-state index in [9.17, 15) is 0 Å². The maximum absolute atomic E-state index is 5.12. The van der Waals surface area contributed by atoms with E-state index in [-0.39, 0.29) is 0 Å². The van der Waals surface area contributed by atoms with E-state index in [2.05, 4.69) is 43.6 Å². The Bertz CT molecular complexity index is 334. The highest BCUT2D eigenvalue weighted by Crippen LogP contribution is 2.20. The minimum Gasteiger partial charge on any atom is -0.384 e. The normalized spacial score (nSPS) is 12.6. The Morgan fingerprint density at radius 1 is 1.05 bits per heavy atom. The van der Waals surface area contributed by atoms with E-state index in [0.717, 1.165) is 13.0 Å². The van der Waals surface area contributed by atoms with Crippen LogP contribution in [0.5, 0.6) is 0 Å². The summed E-state index contributed by atoms with van der Waals surface area (Å²) in [5, 5.41) is 3.45.